The van der Waals surface area contributed by atoms with Crippen LogP contribution in [0.3, 0.4) is 0 Å². The van der Waals surface area contributed by atoms with Gasteiger partial charge in [0.1, 0.15) is 5.69 Å². The number of rotatable bonds is 5. The summed E-state index contributed by atoms with van der Waals surface area (Å²) in [6.45, 7) is 1.83. The molecule has 2 rings (SSSR count). The molecule has 1 aromatic heterocycles. The smallest absolute Gasteiger partial charge is 0.335 e. The number of hydrogen-bond donors (Lipinski definition) is 2. The van der Waals surface area contributed by atoms with Crippen LogP contribution >= 0.6 is 0 Å². The largest absolute Gasteiger partial charge is 0.478 e. The fraction of sp³-hybridized carbons (Fsp3) is 0.143. The molecule has 0 saturated carbocycles. The molecule has 21 heavy (non-hydrogen) atoms. The van der Waals surface area contributed by atoms with E-state index in [4.69, 9.17) is 5.11 Å². The first-order valence-electron chi connectivity index (χ1n) is 6.17. The van der Waals surface area contributed by atoms with Gasteiger partial charge in [-0.1, -0.05) is 0 Å². The molecule has 1 atom stereocenters. The Morgan fingerprint density at radius 2 is 2.00 bits per heavy atom. The minimum absolute atomic E-state index is 0.00923. The Morgan fingerprint density at radius 1 is 1.33 bits per heavy atom. The quantitative estimate of drug-likeness (QED) is 0.647. The maximum absolute atomic E-state index is 11.0. The van der Waals surface area contributed by atoms with E-state index < -0.39 is 10.9 Å². The Morgan fingerprint density at radius 3 is 2.57 bits per heavy atom. The van der Waals surface area contributed by atoms with Gasteiger partial charge in [-0.05, 0) is 36.8 Å². The first-order chi connectivity index (χ1) is 9.99. The predicted molar refractivity (Wildman–Crippen MR) is 76.3 cm³/mol. The number of hydrogen-bond acceptors (Lipinski definition) is 5. The molecule has 0 saturated heterocycles. The molecule has 0 aliphatic carbocycles. The van der Waals surface area contributed by atoms with Crippen LogP contribution in [0.1, 0.15) is 28.9 Å². The van der Waals surface area contributed by atoms with E-state index in [9.17, 15) is 14.9 Å². The number of pyridine rings is 1. The molecular weight excluding hydrogens is 274 g/mol. The topological polar surface area (TPSA) is 105 Å². The van der Waals surface area contributed by atoms with E-state index in [1.807, 2.05) is 6.92 Å². The zero-order valence-electron chi connectivity index (χ0n) is 11.2. The summed E-state index contributed by atoms with van der Waals surface area (Å²) in [6, 6.07) is 7.00. The molecular formula is C14H13N3O4. The van der Waals surface area contributed by atoms with E-state index in [-0.39, 0.29) is 23.0 Å². The van der Waals surface area contributed by atoms with Gasteiger partial charge in [-0.2, -0.15) is 0 Å². The normalized spacial score (nSPS) is 11.7. The van der Waals surface area contributed by atoms with Gasteiger partial charge >= 0.3 is 5.97 Å². The molecule has 1 unspecified atom stereocenters. The van der Waals surface area contributed by atoms with Crippen LogP contribution in [0.25, 0.3) is 0 Å². The molecule has 108 valence electrons. The van der Waals surface area contributed by atoms with Crippen molar-refractivity contribution in [3.63, 3.8) is 0 Å². The molecule has 1 heterocycles. The van der Waals surface area contributed by atoms with Gasteiger partial charge in [-0.25, -0.2) is 4.79 Å². The highest BCUT2D eigenvalue weighted by molar-refractivity contribution is 5.90. The molecule has 0 aliphatic rings. The number of nitrogens with one attached hydrogen (secondary N) is 1. The molecule has 7 heteroatoms. The van der Waals surface area contributed by atoms with Crippen LogP contribution in [0, 0.1) is 10.1 Å². The average molecular weight is 287 g/mol. The maximum atomic E-state index is 11.0. The summed E-state index contributed by atoms with van der Waals surface area (Å²) < 4.78 is 0. The van der Waals surface area contributed by atoms with E-state index >= 15 is 0 Å². The van der Waals surface area contributed by atoms with Gasteiger partial charge in [0, 0.05) is 24.5 Å². The summed E-state index contributed by atoms with van der Waals surface area (Å²) in [5, 5.41) is 23.0. The SMILES string of the molecule is CC(Nc1cc(C(=O)O)ccc1[N+](=O)[O-])c1ccncc1. The second-order valence-electron chi connectivity index (χ2n) is 4.44. The Bertz CT molecular complexity index is 673. The number of anilines is 1. The molecule has 1 aromatic carbocycles. The van der Waals surface area contributed by atoms with Crippen molar-refractivity contribution < 1.29 is 14.8 Å². The molecule has 0 radical (unpaired) electrons. The predicted octanol–water partition coefficient (Wildman–Crippen LogP) is 2.86. The molecule has 2 N–H and O–H groups in total. The second kappa shape index (κ2) is 6.00. The third kappa shape index (κ3) is 3.33. The standard InChI is InChI=1S/C14H13N3O4/c1-9(10-4-6-15-7-5-10)16-12-8-11(14(18)19)2-3-13(12)17(20)21/h2-9,16H,1H3,(H,18,19). The summed E-state index contributed by atoms with van der Waals surface area (Å²) in [5.41, 5.74) is 0.884. The molecule has 0 spiro atoms. The zero-order chi connectivity index (χ0) is 15.4. The highest BCUT2D eigenvalue weighted by atomic mass is 16.6. The van der Waals surface area contributed by atoms with Crippen molar-refractivity contribution in [2.45, 2.75) is 13.0 Å². The third-order valence-corrected chi connectivity index (χ3v) is 3.02. The van der Waals surface area contributed by atoms with Crippen LogP contribution < -0.4 is 5.32 Å². The zero-order valence-corrected chi connectivity index (χ0v) is 11.2. The summed E-state index contributed by atoms with van der Waals surface area (Å²) in [7, 11) is 0. The highest BCUT2D eigenvalue weighted by Crippen LogP contribution is 2.29. The first kappa shape index (κ1) is 14.4. The van der Waals surface area contributed by atoms with Crippen LogP contribution in [0.5, 0.6) is 0 Å². The van der Waals surface area contributed by atoms with Gasteiger partial charge in [-0.3, -0.25) is 15.1 Å². The van der Waals surface area contributed by atoms with Crippen LogP contribution in [-0.4, -0.2) is 21.0 Å². The van der Waals surface area contributed by atoms with Crippen molar-refractivity contribution in [2.75, 3.05) is 5.32 Å². The van der Waals surface area contributed by atoms with Crippen LogP contribution in [0.15, 0.2) is 42.7 Å². The van der Waals surface area contributed by atoms with E-state index in [0.717, 1.165) is 5.56 Å². The molecule has 7 nitrogen and oxygen atoms in total. The van der Waals surface area contributed by atoms with Crippen LogP contribution in [0.2, 0.25) is 0 Å². The number of benzene rings is 1. The summed E-state index contributed by atoms with van der Waals surface area (Å²) in [4.78, 5) is 25.4. The minimum Gasteiger partial charge on any atom is -0.478 e. The lowest BCUT2D eigenvalue weighted by molar-refractivity contribution is -0.384. The van der Waals surface area contributed by atoms with Gasteiger partial charge in [0.15, 0.2) is 0 Å². The van der Waals surface area contributed by atoms with Crippen LogP contribution in [0.4, 0.5) is 11.4 Å². The number of carboxylic acids is 1. The maximum Gasteiger partial charge on any atom is 0.335 e. The van der Waals surface area contributed by atoms with Gasteiger partial charge < -0.3 is 10.4 Å². The Kier molecular flexibility index (Phi) is 4.13. The van der Waals surface area contributed by atoms with Crippen molar-refractivity contribution in [1.82, 2.24) is 4.98 Å². The Hall–Kier alpha value is -2.96. The number of carbonyl (C=O) groups is 1. The number of nitro benzene ring substituents is 1. The molecule has 0 fully saturated rings. The van der Waals surface area contributed by atoms with Crippen molar-refractivity contribution in [3.8, 4) is 0 Å². The van der Waals surface area contributed by atoms with E-state index in [0.29, 0.717) is 0 Å². The number of aromatic nitrogens is 1. The lowest BCUT2D eigenvalue weighted by Gasteiger charge is -2.15. The Balaban J connectivity index is 2.35. The van der Waals surface area contributed by atoms with Crippen molar-refractivity contribution in [3.05, 3.63) is 64.0 Å². The molecule has 0 bridgehead atoms. The fourth-order valence-electron chi connectivity index (χ4n) is 1.91. The number of carboxylic acid groups (broad SMARTS) is 1. The van der Waals surface area contributed by atoms with Gasteiger partial charge in [0.25, 0.3) is 5.69 Å². The monoisotopic (exact) mass is 287 g/mol. The lowest BCUT2D eigenvalue weighted by atomic mass is 10.1. The summed E-state index contributed by atoms with van der Waals surface area (Å²) >= 11 is 0. The summed E-state index contributed by atoms with van der Waals surface area (Å²) in [6.07, 6.45) is 3.24. The van der Waals surface area contributed by atoms with E-state index in [1.54, 1.807) is 24.5 Å². The lowest BCUT2D eigenvalue weighted by Crippen LogP contribution is -2.09. The fourth-order valence-corrected chi connectivity index (χ4v) is 1.91. The van der Waals surface area contributed by atoms with Crippen molar-refractivity contribution in [1.29, 1.82) is 0 Å². The van der Waals surface area contributed by atoms with E-state index in [1.165, 1.54) is 18.2 Å². The average Bonchev–Trinajstić information content (AvgIpc) is 2.47. The highest BCUT2D eigenvalue weighted by Gasteiger charge is 2.18. The second-order valence-corrected chi connectivity index (χ2v) is 4.44. The number of aromatic carboxylic acids is 1. The third-order valence-electron chi connectivity index (χ3n) is 3.02. The van der Waals surface area contributed by atoms with Gasteiger partial charge in [0.05, 0.1) is 10.5 Å². The van der Waals surface area contributed by atoms with Gasteiger partial charge in [0.2, 0.25) is 0 Å². The molecule has 0 aliphatic heterocycles. The van der Waals surface area contributed by atoms with Crippen molar-refractivity contribution >= 4 is 17.3 Å². The molecule has 2 aromatic rings. The first-order valence-corrected chi connectivity index (χ1v) is 6.17. The van der Waals surface area contributed by atoms with Crippen LogP contribution in [-0.2, 0) is 0 Å². The van der Waals surface area contributed by atoms with Crippen molar-refractivity contribution in [2.24, 2.45) is 0 Å². The minimum atomic E-state index is -1.13. The van der Waals surface area contributed by atoms with E-state index in [2.05, 4.69) is 10.3 Å². The summed E-state index contributed by atoms with van der Waals surface area (Å²) in [5.74, 6) is -1.13. The van der Waals surface area contributed by atoms with Gasteiger partial charge in [-0.15, -0.1) is 0 Å². The number of nitrogens with zero attached hydrogens (tertiary/aromatic N) is 2. The number of nitro groups is 1. The Labute approximate surface area is 120 Å². The molecule has 0 amide bonds.